The molecular formula is C18H18F3N5O2. The number of alkyl halides is 3. The topological polar surface area (TPSA) is 81.8 Å². The largest absolute Gasteiger partial charge is 0.416 e. The Morgan fingerprint density at radius 3 is 2.79 bits per heavy atom. The summed E-state index contributed by atoms with van der Waals surface area (Å²) >= 11 is 0. The Labute approximate surface area is 157 Å². The summed E-state index contributed by atoms with van der Waals surface area (Å²) in [6.07, 6.45) is -1.42. The molecule has 0 saturated heterocycles. The van der Waals surface area contributed by atoms with Gasteiger partial charge in [0.1, 0.15) is 11.7 Å². The van der Waals surface area contributed by atoms with Crippen LogP contribution in [-0.2, 0) is 24.1 Å². The maximum absolute atomic E-state index is 12.9. The van der Waals surface area contributed by atoms with Crippen molar-refractivity contribution in [3.05, 3.63) is 58.3 Å². The van der Waals surface area contributed by atoms with E-state index in [1.807, 2.05) is 0 Å². The average molecular weight is 393 g/mol. The van der Waals surface area contributed by atoms with Crippen LogP contribution in [0, 0.1) is 0 Å². The molecule has 2 aromatic heterocycles. The second-order valence-corrected chi connectivity index (χ2v) is 6.18. The van der Waals surface area contributed by atoms with Crippen molar-refractivity contribution in [2.24, 2.45) is 0 Å². The third kappa shape index (κ3) is 4.21. The standard InChI is InChI=1S/C18H18F3N5O2/c1-2-15(27)22-6-7-26-16-14(9-24-26)17(28)25(11-23-16)10-12-4-3-5-13(8-12)18(19,20)21/h3-5,8-9,11H,2,6-7,10H2,1H3,(H,22,27). The van der Waals surface area contributed by atoms with Crippen LogP contribution in [0.1, 0.15) is 24.5 Å². The second-order valence-electron chi connectivity index (χ2n) is 6.18. The van der Waals surface area contributed by atoms with Crippen LogP contribution in [0.15, 0.2) is 41.6 Å². The molecule has 1 amide bonds. The minimum absolute atomic E-state index is 0.0383. The Morgan fingerprint density at radius 2 is 2.07 bits per heavy atom. The van der Waals surface area contributed by atoms with Gasteiger partial charge in [0.2, 0.25) is 5.91 Å². The van der Waals surface area contributed by atoms with Crippen molar-refractivity contribution in [2.75, 3.05) is 6.54 Å². The number of aromatic nitrogens is 4. The molecule has 3 aromatic rings. The molecule has 0 unspecified atom stereocenters. The summed E-state index contributed by atoms with van der Waals surface area (Å²) in [5, 5.41) is 7.08. The number of hydrogen-bond donors (Lipinski definition) is 1. The van der Waals surface area contributed by atoms with Gasteiger partial charge in [-0.25, -0.2) is 9.67 Å². The molecule has 0 fully saturated rings. The van der Waals surface area contributed by atoms with Gasteiger partial charge in [-0.1, -0.05) is 19.1 Å². The first-order valence-corrected chi connectivity index (χ1v) is 8.63. The van der Waals surface area contributed by atoms with E-state index in [1.54, 1.807) is 6.92 Å². The van der Waals surface area contributed by atoms with Crippen molar-refractivity contribution >= 4 is 16.9 Å². The lowest BCUT2D eigenvalue weighted by Crippen LogP contribution is -2.27. The fraction of sp³-hybridized carbons (Fsp3) is 0.333. The second kappa shape index (κ2) is 7.83. The number of carbonyl (C=O) groups excluding carboxylic acids is 1. The zero-order valence-corrected chi connectivity index (χ0v) is 15.0. The molecule has 10 heteroatoms. The molecule has 3 rings (SSSR count). The van der Waals surface area contributed by atoms with Crippen molar-refractivity contribution in [3.8, 4) is 0 Å². The van der Waals surface area contributed by atoms with E-state index in [0.717, 1.165) is 12.1 Å². The van der Waals surface area contributed by atoms with E-state index in [0.29, 0.717) is 30.7 Å². The molecule has 2 heterocycles. The molecule has 0 aliphatic rings. The van der Waals surface area contributed by atoms with Gasteiger partial charge in [0.05, 0.1) is 24.8 Å². The molecule has 0 aliphatic heterocycles. The maximum atomic E-state index is 12.9. The zero-order valence-electron chi connectivity index (χ0n) is 15.0. The minimum Gasteiger partial charge on any atom is -0.354 e. The number of nitrogens with one attached hydrogen (secondary N) is 1. The summed E-state index contributed by atoms with van der Waals surface area (Å²) in [6, 6.07) is 4.81. The molecule has 0 saturated carbocycles. The summed E-state index contributed by atoms with van der Waals surface area (Å²) in [5.41, 5.74) is -0.468. The van der Waals surface area contributed by atoms with E-state index in [-0.39, 0.29) is 17.8 Å². The van der Waals surface area contributed by atoms with E-state index in [9.17, 15) is 22.8 Å². The normalized spacial score (nSPS) is 11.7. The first-order valence-electron chi connectivity index (χ1n) is 8.63. The van der Waals surface area contributed by atoms with Gasteiger partial charge in [0, 0.05) is 13.0 Å². The van der Waals surface area contributed by atoms with Crippen LogP contribution in [0.5, 0.6) is 0 Å². The van der Waals surface area contributed by atoms with Gasteiger partial charge in [-0.3, -0.25) is 14.2 Å². The minimum atomic E-state index is -4.45. The van der Waals surface area contributed by atoms with Crippen LogP contribution < -0.4 is 10.9 Å². The van der Waals surface area contributed by atoms with E-state index in [4.69, 9.17) is 0 Å². The summed E-state index contributed by atoms with van der Waals surface area (Å²) in [6.45, 7) is 2.40. The van der Waals surface area contributed by atoms with Crippen molar-refractivity contribution < 1.29 is 18.0 Å². The van der Waals surface area contributed by atoms with Gasteiger partial charge in [-0.2, -0.15) is 18.3 Å². The summed E-state index contributed by atoms with van der Waals surface area (Å²) < 4.78 is 41.3. The van der Waals surface area contributed by atoms with Crippen molar-refractivity contribution in [1.82, 2.24) is 24.6 Å². The Balaban J connectivity index is 1.82. The van der Waals surface area contributed by atoms with Crippen molar-refractivity contribution in [1.29, 1.82) is 0 Å². The first kappa shape index (κ1) is 19.6. The highest BCUT2D eigenvalue weighted by molar-refractivity contribution is 5.75. The van der Waals surface area contributed by atoms with Gasteiger partial charge >= 0.3 is 6.18 Å². The Kier molecular flexibility index (Phi) is 5.48. The number of hydrogen-bond acceptors (Lipinski definition) is 4. The number of amides is 1. The monoisotopic (exact) mass is 393 g/mol. The third-order valence-corrected chi connectivity index (χ3v) is 4.20. The first-order chi connectivity index (χ1) is 13.3. The molecule has 0 atom stereocenters. The highest BCUT2D eigenvalue weighted by atomic mass is 19.4. The SMILES string of the molecule is CCC(=O)NCCn1ncc2c(=O)n(Cc3cccc(C(F)(F)F)c3)cnc21. The molecule has 28 heavy (non-hydrogen) atoms. The number of rotatable bonds is 6. The molecule has 0 radical (unpaired) electrons. The quantitative estimate of drug-likeness (QED) is 0.696. The molecule has 1 aromatic carbocycles. The third-order valence-electron chi connectivity index (χ3n) is 4.20. The lowest BCUT2D eigenvalue weighted by Gasteiger charge is -2.10. The molecule has 148 valence electrons. The van der Waals surface area contributed by atoms with Crippen LogP contribution >= 0.6 is 0 Å². The van der Waals surface area contributed by atoms with Crippen LogP contribution in [0.25, 0.3) is 11.0 Å². The van der Waals surface area contributed by atoms with E-state index in [2.05, 4.69) is 15.4 Å². The van der Waals surface area contributed by atoms with Gasteiger partial charge in [0.15, 0.2) is 5.65 Å². The smallest absolute Gasteiger partial charge is 0.354 e. The fourth-order valence-electron chi connectivity index (χ4n) is 2.74. The van der Waals surface area contributed by atoms with Crippen LogP contribution in [-0.4, -0.2) is 31.8 Å². The molecular weight excluding hydrogens is 375 g/mol. The number of benzene rings is 1. The van der Waals surface area contributed by atoms with Crippen LogP contribution in [0.4, 0.5) is 13.2 Å². The van der Waals surface area contributed by atoms with Gasteiger partial charge in [-0.05, 0) is 17.7 Å². The van der Waals surface area contributed by atoms with E-state index >= 15 is 0 Å². The number of nitrogens with zero attached hydrogens (tertiary/aromatic N) is 4. The number of halogens is 3. The fourth-order valence-corrected chi connectivity index (χ4v) is 2.74. The van der Waals surface area contributed by atoms with Crippen molar-refractivity contribution in [2.45, 2.75) is 32.6 Å². The van der Waals surface area contributed by atoms with E-state index in [1.165, 1.54) is 33.9 Å². The average Bonchev–Trinajstić information content (AvgIpc) is 3.07. The van der Waals surface area contributed by atoms with Crippen LogP contribution in [0.2, 0.25) is 0 Å². The van der Waals surface area contributed by atoms with Gasteiger partial charge in [-0.15, -0.1) is 0 Å². The zero-order chi connectivity index (χ0) is 20.3. The molecule has 7 nitrogen and oxygen atoms in total. The Bertz CT molecular complexity index is 1060. The molecule has 0 aliphatic carbocycles. The van der Waals surface area contributed by atoms with Gasteiger partial charge < -0.3 is 5.32 Å². The van der Waals surface area contributed by atoms with E-state index < -0.39 is 17.3 Å². The summed E-state index contributed by atoms with van der Waals surface area (Å²) in [4.78, 5) is 28.1. The summed E-state index contributed by atoms with van der Waals surface area (Å²) in [5.74, 6) is -0.0899. The number of carbonyl (C=O) groups is 1. The lowest BCUT2D eigenvalue weighted by molar-refractivity contribution is -0.137. The predicted molar refractivity (Wildman–Crippen MR) is 95.6 cm³/mol. The van der Waals surface area contributed by atoms with Crippen LogP contribution in [0.3, 0.4) is 0 Å². The lowest BCUT2D eigenvalue weighted by atomic mass is 10.1. The molecule has 1 N–H and O–H groups in total. The van der Waals surface area contributed by atoms with Gasteiger partial charge in [0.25, 0.3) is 5.56 Å². The molecule has 0 spiro atoms. The number of fused-ring (bicyclic) bond motifs is 1. The maximum Gasteiger partial charge on any atom is 0.416 e. The summed E-state index contributed by atoms with van der Waals surface area (Å²) in [7, 11) is 0. The highest BCUT2D eigenvalue weighted by Crippen LogP contribution is 2.29. The predicted octanol–water partition coefficient (Wildman–Crippen LogP) is 2.19. The van der Waals surface area contributed by atoms with Crippen molar-refractivity contribution in [3.63, 3.8) is 0 Å². The molecule has 0 bridgehead atoms. The Morgan fingerprint density at radius 1 is 1.29 bits per heavy atom. The highest BCUT2D eigenvalue weighted by Gasteiger charge is 2.30. The Hall–Kier alpha value is -3.17.